The molecule has 0 amide bonds. The number of benzene rings is 1. The minimum Gasteiger partial charge on any atom is -0.0925 e. The number of hydrogen-bond donors (Lipinski definition) is 0. The summed E-state index contributed by atoms with van der Waals surface area (Å²) in [5.74, 6) is 1.73. The van der Waals surface area contributed by atoms with E-state index in [0.717, 1.165) is 17.2 Å². The van der Waals surface area contributed by atoms with Gasteiger partial charge in [0.25, 0.3) is 0 Å². The molecular formula is C11H13Br. The summed E-state index contributed by atoms with van der Waals surface area (Å²) in [5.41, 5.74) is 3.01. The summed E-state index contributed by atoms with van der Waals surface area (Å²) in [5, 5.41) is 1.16. The molecule has 1 fully saturated rings. The first-order chi connectivity index (χ1) is 5.83. The van der Waals surface area contributed by atoms with Crippen molar-refractivity contribution in [1.29, 1.82) is 0 Å². The van der Waals surface area contributed by atoms with Crippen molar-refractivity contribution in [1.82, 2.24) is 0 Å². The normalized spacial score (nSPS) is 27.2. The lowest BCUT2D eigenvalue weighted by Crippen LogP contribution is -1.87. The summed E-state index contributed by atoms with van der Waals surface area (Å²) in [4.78, 5) is 0. The van der Waals surface area contributed by atoms with Crippen molar-refractivity contribution >= 4 is 15.9 Å². The Morgan fingerprint density at radius 2 is 2.17 bits per heavy atom. The fourth-order valence-electron chi connectivity index (χ4n) is 1.80. The molecule has 0 saturated heterocycles. The Labute approximate surface area is 82.1 Å². The second-order valence-electron chi connectivity index (χ2n) is 3.61. The van der Waals surface area contributed by atoms with Crippen molar-refractivity contribution in [2.45, 2.75) is 19.3 Å². The third-order valence-corrected chi connectivity index (χ3v) is 3.54. The molecule has 0 nitrogen and oxygen atoms in total. The van der Waals surface area contributed by atoms with Gasteiger partial charge < -0.3 is 0 Å². The quantitative estimate of drug-likeness (QED) is 0.676. The second kappa shape index (κ2) is 3.21. The molecule has 1 aliphatic carbocycles. The minimum absolute atomic E-state index is 0.838. The molecule has 12 heavy (non-hydrogen) atoms. The average molecular weight is 225 g/mol. The SMILES string of the molecule is Cc1ccccc1C1CC1CBr. The molecule has 2 rings (SSSR count). The molecule has 0 aromatic heterocycles. The van der Waals surface area contributed by atoms with Crippen LogP contribution in [-0.4, -0.2) is 5.33 Å². The zero-order valence-electron chi connectivity index (χ0n) is 7.26. The van der Waals surface area contributed by atoms with Crippen LogP contribution >= 0.6 is 15.9 Å². The first kappa shape index (κ1) is 8.31. The third kappa shape index (κ3) is 1.42. The molecule has 0 aliphatic heterocycles. The van der Waals surface area contributed by atoms with Crippen LogP contribution in [-0.2, 0) is 0 Å². The monoisotopic (exact) mass is 224 g/mol. The van der Waals surface area contributed by atoms with Crippen molar-refractivity contribution in [3.8, 4) is 0 Å². The fraction of sp³-hybridized carbons (Fsp3) is 0.455. The minimum atomic E-state index is 0.838. The molecule has 0 heterocycles. The molecule has 1 aromatic rings. The number of hydrogen-bond acceptors (Lipinski definition) is 0. The highest BCUT2D eigenvalue weighted by atomic mass is 79.9. The first-order valence-corrected chi connectivity index (χ1v) is 5.56. The van der Waals surface area contributed by atoms with Gasteiger partial charge in [0.15, 0.2) is 0 Å². The van der Waals surface area contributed by atoms with E-state index in [-0.39, 0.29) is 0 Å². The van der Waals surface area contributed by atoms with Gasteiger partial charge in [-0.2, -0.15) is 0 Å². The van der Waals surface area contributed by atoms with Gasteiger partial charge in [-0.25, -0.2) is 0 Å². The lowest BCUT2D eigenvalue weighted by atomic mass is 10.0. The topological polar surface area (TPSA) is 0 Å². The first-order valence-electron chi connectivity index (χ1n) is 4.44. The molecule has 1 aliphatic rings. The summed E-state index contributed by atoms with van der Waals surface area (Å²) < 4.78 is 0. The molecule has 2 atom stereocenters. The molecule has 0 radical (unpaired) electrons. The number of aryl methyl sites for hydroxylation is 1. The molecule has 0 N–H and O–H groups in total. The van der Waals surface area contributed by atoms with Crippen molar-refractivity contribution in [2.75, 3.05) is 5.33 Å². The molecule has 0 bridgehead atoms. The molecule has 1 heteroatoms. The summed E-state index contributed by atoms with van der Waals surface area (Å²) in [6, 6.07) is 8.73. The van der Waals surface area contributed by atoms with Gasteiger partial charge in [-0.15, -0.1) is 0 Å². The van der Waals surface area contributed by atoms with Gasteiger partial charge >= 0.3 is 0 Å². The van der Waals surface area contributed by atoms with Crippen LogP contribution in [0.5, 0.6) is 0 Å². The fourth-order valence-corrected chi connectivity index (χ4v) is 2.52. The number of halogens is 1. The van der Waals surface area contributed by atoms with Gasteiger partial charge in [0.1, 0.15) is 0 Å². The van der Waals surface area contributed by atoms with Crippen LogP contribution in [0.2, 0.25) is 0 Å². The van der Waals surface area contributed by atoms with Crippen molar-refractivity contribution in [3.05, 3.63) is 35.4 Å². The van der Waals surface area contributed by atoms with E-state index in [0.29, 0.717) is 0 Å². The predicted molar refractivity (Wildman–Crippen MR) is 55.8 cm³/mol. The Bertz CT molecular complexity index is 280. The van der Waals surface area contributed by atoms with Gasteiger partial charge in [-0.05, 0) is 36.3 Å². The Balaban J connectivity index is 2.19. The molecule has 1 aromatic carbocycles. The predicted octanol–water partition coefficient (Wildman–Crippen LogP) is 3.49. The van der Waals surface area contributed by atoms with E-state index in [1.165, 1.54) is 12.0 Å². The number of rotatable bonds is 2. The Kier molecular flexibility index (Phi) is 2.22. The van der Waals surface area contributed by atoms with E-state index in [1.54, 1.807) is 5.56 Å². The van der Waals surface area contributed by atoms with E-state index in [1.807, 2.05) is 0 Å². The van der Waals surface area contributed by atoms with Crippen LogP contribution in [0.15, 0.2) is 24.3 Å². The maximum atomic E-state index is 3.54. The molecule has 0 spiro atoms. The molecule has 64 valence electrons. The third-order valence-electron chi connectivity index (χ3n) is 2.71. The lowest BCUT2D eigenvalue weighted by Gasteiger charge is -2.02. The zero-order valence-corrected chi connectivity index (χ0v) is 8.84. The van der Waals surface area contributed by atoms with E-state index in [2.05, 4.69) is 47.1 Å². The summed E-state index contributed by atoms with van der Waals surface area (Å²) in [6.45, 7) is 2.21. The molecular weight excluding hydrogens is 212 g/mol. The Morgan fingerprint density at radius 1 is 1.42 bits per heavy atom. The molecule has 2 unspecified atom stereocenters. The highest BCUT2D eigenvalue weighted by Gasteiger charge is 2.37. The van der Waals surface area contributed by atoms with Gasteiger partial charge in [-0.1, -0.05) is 40.2 Å². The second-order valence-corrected chi connectivity index (χ2v) is 4.26. The highest BCUT2D eigenvalue weighted by Crippen LogP contribution is 2.49. The standard InChI is InChI=1S/C11H13Br/c1-8-4-2-3-5-10(8)11-6-9(11)7-12/h2-5,9,11H,6-7H2,1H3. The lowest BCUT2D eigenvalue weighted by molar-refractivity contribution is 0.929. The van der Waals surface area contributed by atoms with Crippen LogP contribution in [0.1, 0.15) is 23.5 Å². The molecule has 1 saturated carbocycles. The number of alkyl halides is 1. The Morgan fingerprint density at radius 3 is 2.75 bits per heavy atom. The van der Waals surface area contributed by atoms with Gasteiger partial charge in [0.2, 0.25) is 0 Å². The van der Waals surface area contributed by atoms with Crippen LogP contribution in [0, 0.1) is 12.8 Å². The van der Waals surface area contributed by atoms with Crippen molar-refractivity contribution < 1.29 is 0 Å². The van der Waals surface area contributed by atoms with Crippen LogP contribution in [0.25, 0.3) is 0 Å². The van der Waals surface area contributed by atoms with Gasteiger partial charge in [0, 0.05) is 5.33 Å². The summed E-state index contributed by atoms with van der Waals surface area (Å²) in [7, 11) is 0. The maximum absolute atomic E-state index is 3.54. The van der Waals surface area contributed by atoms with E-state index in [4.69, 9.17) is 0 Å². The van der Waals surface area contributed by atoms with Crippen LogP contribution in [0.4, 0.5) is 0 Å². The zero-order chi connectivity index (χ0) is 8.55. The summed E-state index contributed by atoms with van der Waals surface area (Å²) >= 11 is 3.54. The van der Waals surface area contributed by atoms with Crippen LogP contribution < -0.4 is 0 Å². The highest BCUT2D eigenvalue weighted by molar-refractivity contribution is 9.09. The maximum Gasteiger partial charge on any atom is 0.00657 e. The van der Waals surface area contributed by atoms with Gasteiger partial charge in [0.05, 0.1) is 0 Å². The largest absolute Gasteiger partial charge is 0.0925 e. The van der Waals surface area contributed by atoms with E-state index < -0.39 is 0 Å². The van der Waals surface area contributed by atoms with Gasteiger partial charge in [-0.3, -0.25) is 0 Å². The van der Waals surface area contributed by atoms with Crippen LogP contribution in [0.3, 0.4) is 0 Å². The van der Waals surface area contributed by atoms with E-state index in [9.17, 15) is 0 Å². The van der Waals surface area contributed by atoms with Crippen molar-refractivity contribution in [3.63, 3.8) is 0 Å². The van der Waals surface area contributed by atoms with Crippen molar-refractivity contribution in [2.24, 2.45) is 5.92 Å². The van der Waals surface area contributed by atoms with E-state index >= 15 is 0 Å². The summed E-state index contributed by atoms with van der Waals surface area (Å²) in [6.07, 6.45) is 1.37. The average Bonchev–Trinajstić information content (AvgIpc) is 2.84. The Hall–Kier alpha value is -0.300. The smallest absolute Gasteiger partial charge is 0.00657 e.